The van der Waals surface area contributed by atoms with Crippen LogP contribution in [0.25, 0.3) is 45.4 Å². The fourth-order valence-electron chi connectivity index (χ4n) is 3.58. The molecule has 18 heteroatoms. The van der Waals surface area contributed by atoms with Gasteiger partial charge in [0.05, 0.1) is 0 Å². The van der Waals surface area contributed by atoms with Crippen LogP contribution in [0.1, 0.15) is 22.8 Å². The summed E-state index contributed by atoms with van der Waals surface area (Å²) in [6.45, 7) is 0. The Kier molecular flexibility index (Phi) is 5.36. The molecule has 0 aliphatic carbocycles. The third kappa shape index (κ3) is 2.99. The molecule has 5 heterocycles. The average molecular weight is 562 g/mol. The van der Waals surface area contributed by atoms with Gasteiger partial charge in [0, 0.05) is 0 Å². The van der Waals surface area contributed by atoms with E-state index in [4.69, 9.17) is 0 Å². The molecule has 0 unspecified atom stereocenters. The summed E-state index contributed by atoms with van der Waals surface area (Å²) in [5.74, 6) is -31.9. The lowest BCUT2D eigenvalue weighted by Gasteiger charge is -1.97. The Balaban J connectivity index is 2.20. The summed E-state index contributed by atoms with van der Waals surface area (Å²) < 4.78 is 203. The van der Waals surface area contributed by atoms with Crippen molar-refractivity contribution >= 4 is 45.4 Å². The van der Waals surface area contributed by atoms with E-state index in [-0.39, 0.29) is 0 Å². The Morgan fingerprint density at radius 2 is 0.500 bits per heavy atom. The lowest BCUT2D eigenvalue weighted by Crippen LogP contribution is -1.95. The molecule has 0 saturated carbocycles. The molecule has 3 aromatic heterocycles. The van der Waals surface area contributed by atoms with Gasteiger partial charge >= 0.3 is 0 Å². The Hall–Kier alpha value is -4.38. The topological polar surface area (TPSA) is 35.6 Å². The van der Waals surface area contributed by atoms with E-state index in [2.05, 4.69) is 9.97 Å². The van der Waals surface area contributed by atoms with Crippen LogP contribution in [0.4, 0.5) is 61.6 Å². The second-order valence-electron chi connectivity index (χ2n) is 7.34. The molecule has 0 N–H and O–H groups in total. The molecule has 0 radical (unpaired) electrons. The maximum absolute atomic E-state index is 14.8. The van der Waals surface area contributed by atoms with Gasteiger partial charge in [-0.2, -0.15) is 9.58 Å². The molecule has 2 aliphatic heterocycles. The van der Waals surface area contributed by atoms with Crippen LogP contribution >= 0.6 is 0 Å². The van der Waals surface area contributed by atoms with Crippen molar-refractivity contribution in [2.45, 2.75) is 0 Å². The minimum Gasteiger partial charge on any atom is -0.236 e. The summed E-state index contributed by atoms with van der Waals surface area (Å²) in [6, 6.07) is 0. The third-order valence-electron chi connectivity index (χ3n) is 5.33. The number of hydrogen-bond acceptors (Lipinski definition) is 2. The average Bonchev–Trinajstić information content (AvgIpc) is 3.48. The first kappa shape index (κ1) is 25.3. The first-order chi connectivity index (χ1) is 17.7. The van der Waals surface area contributed by atoms with Crippen molar-refractivity contribution in [1.29, 1.82) is 0 Å². The minimum atomic E-state index is -2.70. The van der Waals surface area contributed by atoms with Crippen molar-refractivity contribution in [1.82, 2.24) is 19.5 Å². The Bertz CT molecular complexity index is 1610. The zero-order valence-electron chi connectivity index (χ0n) is 17.1. The largest absolute Gasteiger partial charge is 0.236 e. The first-order valence-corrected chi connectivity index (χ1v) is 9.39. The number of halogens is 14. The van der Waals surface area contributed by atoms with E-state index in [1.165, 1.54) is 0 Å². The summed E-state index contributed by atoms with van der Waals surface area (Å²) >= 11 is 0. The second kappa shape index (κ2) is 8.06. The number of rotatable bonds is 0. The van der Waals surface area contributed by atoms with Gasteiger partial charge in [0.1, 0.15) is 22.8 Å². The van der Waals surface area contributed by atoms with E-state index in [1.807, 2.05) is 0 Å². The van der Waals surface area contributed by atoms with Gasteiger partial charge in [-0.05, 0) is 0 Å². The molecule has 8 bridgehead atoms. The molecule has 0 fully saturated rings. The zero-order chi connectivity index (χ0) is 28.1. The molecule has 0 spiro atoms. The van der Waals surface area contributed by atoms with Gasteiger partial charge in [0.25, 0.3) is 0 Å². The number of aromatic nitrogens is 4. The van der Waals surface area contributed by atoms with Crippen molar-refractivity contribution in [3.05, 3.63) is 69.3 Å². The van der Waals surface area contributed by atoms with E-state index < -0.39 is 124 Å². The van der Waals surface area contributed by atoms with E-state index in [0.29, 0.717) is 0 Å². The molecular weight excluding hydrogens is 562 g/mol. The molecule has 0 amide bonds. The van der Waals surface area contributed by atoms with E-state index in [9.17, 15) is 61.6 Å². The molecule has 2 aliphatic rings. The van der Waals surface area contributed by atoms with Crippen molar-refractivity contribution in [3.63, 3.8) is 0 Å². The lowest BCUT2D eigenvalue weighted by atomic mass is 10.2. The number of fused-ring (bicyclic) bond motifs is 8. The molecule has 5 rings (SSSR count). The smallest absolute Gasteiger partial charge is 0.190 e. The van der Waals surface area contributed by atoms with Gasteiger partial charge < -0.3 is 0 Å². The van der Waals surface area contributed by atoms with Gasteiger partial charge in [0.15, 0.2) is 91.9 Å². The highest BCUT2D eigenvalue weighted by Crippen LogP contribution is 2.41. The molecule has 4 nitrogen and oxygen atoms in total. The first-order valence-electron chi connectivity index (χ1n) is 9.39. The Morgan fingerprint density at radius 1 is 0.316 bits per heavy atom. The molecule has 0 aromatic carbocycles. The van der Waals surface area contributed by atoms with Crippen molar-refractivity contribution in [2.75, 3.05) is 0 Å². The monoisotopic (exact) mass is 562 g/mol. The SMILES string of the molecule is FC1=C(F)c2nc1c(F)c1c(F)c(F)c(c(F)c3nc(c(F)c4c(F)c(F)c(c2F)n4F)C(F)=C3F)n1F. The molecule has 198 valence electrons. The van der Waals surface area contributed by atoms with Gasteiger partial charge in [-0.3, -0.25) is 0 Å². The van der Waals surface area contributed by atoms with Crippen LogP contribution in [0.3, 0.4) is 0 Å². The fourth-order valence-corrected chi connectivity index (χ4v) is 3.58. The second-order valence-corrected chi connectivity index (χ2v) is 7.34. The minimum absolute atomic E-state index is 1.57. The molecule has 0 atom stereocenters. The van der Waals surface area contributed by atoms with E-state index >= 15 is 0 Å². The quantitative estimate of drug-likeness (QED) is 0.269. The van der Waals surface area contributed by atoms with E-state index in [0.717, 1.165) is 0 Å². The van der Waals surface area contributed by atoms with Crippen LogP contribution in [0.15, 0.2) is 0 Å². The molecular formula is C20F14N4. The zero-order valence-corrected chi connectivity index (χ0v) is 17.1. The molecule has 38 heavy (non-hydrogen) atoms. The van der Waals surface area contributed by atoms with Crippen molar-refractivity contribution in [3.8, 4) is 0 Å². The maximum atomic E-state index is 14.8. The van der Waals surface area contributed by atoms with Crippen molar-refractivity contribution < 1.29 is 61.6 Å². The Morgan fingerprint density at radius 3 is 0.684 bits per heavy atom. The van der Waals surface area contributed by atoms with Crippen LogP contribution in [0, 0.1) is 46.5 Å². The Labute approximate surface area is 196 Å². The molecule has 3 aromatic rings. The van der Waals surface area contributed by atoms with Crippen LogP contribution < -0.4 is 0 Å². The van der Waals surface area contributed by atoms with Gasteiger partial charge in [-0.1, -0.05) is 8.96 Å². The van der Waals surface area contributed by atoms with Gasteiger partial charge in [-0.15, -0.1) is 0 Å². The normalized spacial score (nSPS) is 13.8. The van der Waals surface area contributed by atoms with Crippen LogP contribution in [0.5, 0.6) is 0 Å². The summed E-state index contributed by atoms with van der Waals surface area (Å²) in [7, 11) is 0. The highest BCUT2D eigenvalue weighted by molar-refractivity contribution is 5.89. The van der Waals surface area contributed by atoms with Crippen LogP contribution in [-0.2, 0) is 0 Å². The predicted octanol–water partition coefficient (Wildman–Crippen LogP) is 7.37. The third-order valence-corrected chi connectivity index (χ3v) is 5.33. The maximum Gasteiger partial charge on any atom is 0.190 e. The lowest BCUT2D eigenvalue weighted by molar-refractivity contribution is 0.387. The van der Waals surface area contributed by atoms with Crippen LogP contribution in [-0.4, -0.2) is 19.5 Å². The summed E-state index contributed by atoms with van der Waals surface area (Å²) in [5.41, 5.74) is -18.2. The van der Waals surface area contributed by atoms with E-state index in [1.54, 1.807) is 0 Å². The highest BCUT2D eigenvalue weighted by Gasteiger charge is 2.36. The highest BCUT2D eigenvalue weighted by atomic mass is 19.2. The number of hydrogen-bond donors (Lipinski definition) is 0. The van der Waals surface area contributed by atoms with Gasteiger partial charge in [-0.25, -0.2) is 62.7 Å². The summed E-state index contributed by atoms with van der Waals surface area (Å²) in [4.78, 5) is 2.10. The number of nitrogens with zero attached hydrogens (tertiary/aromatic N) is 4. The van der Waals surface area contributed by atoms with Crippen molar-refractivity contribution in [2.24, 2.45) is 0 Å². The summed E-state index contributed by atoms with van der Waals surface area (Å²) in [6.07, 6.45) is 0. The predicted molar refractivity (Wildman–Crippen MR) is 99.0 cm³/mol. The standard InChI is InChI=1S/C20F14N4/c21-1-2(22)14-10(30)18-7(27)8(28)20(38(18)34)12(32)16-4(24)3(23)15(36-16)11(31)19-6(26)5(25)17(37(19)33)9(29)13(1)35-14. The summed E-state index contributed by atoms with van der Waals surface area (Å²) in [5, 5.41) is 0. The van der Waals surface area contributed by atoms with Crippen LogP contribution in [0.2, 0.25) is 0 Å². The molecule has 0 saturated heterocycles. The van der Waals surface area contributed by atoms with Gasteiger partial charge in [0.2, 0.25) is 0 Å². The fraction of sp³-hybridized carbons (Fsp3) is 0.